The highest BCUT2D eigenvalue weighted by molar-refractivity contribution is 7.98. The van der Waals surface area contributed by atoms with Gasteiger partial charge in [-0.1, -0.05) is 53.7 Å². The second-order valence-corrected chi connectivity index (χ2v) is 12.4. The van der Waals surface area contributed by atoms with Crippen LogP contribution in [0.5, 0.6) is 0 Å². The number of amides is 3. The first-order chi connectivity index (χ1) is 19.5. The van der Waals surface area contributed by atoms with Crippen LogP contribution in [0.25, 0.3) is 0 Å². The van der Waals surface area contributed by atoms with Gasteiger partial charge in [-0.05, 0) is 56.4 Å². The molecule has 0 aromatic carbocycles. The number of carbonyl (C=O) groups excluding carboxylic acids is 3. The molecule has 0 aromatic heterocycles. The lowest BCUT2D eigenvalue weighted by Gasteiger charge is -2.32. The third kappa shape index (κ3) is 14.1. The van der Waals surface area contributed by atoms with Crippen LogP contribution in [0.3, 0.4) is 0 Å². The molecule has 3 rings (SSSR count). The van der Waals surface area contributed by atoms with Gasteiger partial charge in [-0.15, -0.1) is 6.58 Å². The monoisotopic (exact) mass is 600 g/mol. The maximum Gasteiger partial charge on any atom is 0.251 e. The summed E-state index contributed by atoms with van der Waals surface area (Å²) in [6.07, 6.45) is 8.21. The number of piperidine rings is 1. The fourth-order valence-corrected chi connectivity index (χ4v) is 5.35. The van der Waals surface area contributed by atoms with Crippen molar-refractivity contribution in [3.63, 3.8) is 0 Å². The Morgan fingerprint density at radius 3 is 2.15 bits per heavy atom. The molecule has 2 heterocycles. The number of carbonyl (C=O) groups is 3. The fraction of sp³-hybridized carbons (Fsp3) is 0.774. The van der Waals surface area contributed by atoms with Crippen LogP contribution in [-0.4, -0.2) is 70.4 Å². The summed E-state index contributed by atoms with van der Waals surface area (Å²) in [5.41, 5.74) is 0.950. The maximum absolute atomic E-state index is 13.3. The first-order valence-corrected chi connectivity index (χ1v) is 16.3. The molecule has 1 unspecified atom stereocenters. The van der Waals surface area contributed by atoms with Gasteiger partial charge in [-0.3, -0.25) is 14.4 Å². The number of nitrogens with zero attached hydrogens (tertiary/aromatic N) is 2. The standard InChI is InChI=1S/C25H38F2N4O3S.C4H10.C2H6/c1-3-6-19(20(7-4-2)29-35-18-9-10-18)28-24(34)21-8-5-15-31(21)23(33)12-11-22(32)30-16-13-25(26,27)14-17-30;1-4(2)3;1-2/h3,7,18-19,21,29H,1,4-6,8-17H2,2H3,(H,28,34);4H,1-3H3;1-2H3/b20-7+;;/t19?,21-;;/m0../s1. The van der Waals surface area contributed by atoms with Gasteiger partial charge < -0.3 is 19.8 Å². The van der Waals surface area contributed by atoms with Crippen LogP contribution in [0, 0.1) is 5.92 Å². The van der Waals surface area contributed by atoms with E-state index in [1.54, 1.807) is 22.9 Å². The van der Waals surface area contributed by atoms with Gasteiger partial charge in [0.05, 0.1) is 6.04 Å². The van der Waals surface area contributed by atoms with Crippen molar-refractivity contribution in [2.45, 2.75) is 129 Å². The smallest absolute Gasteiger partial charge is 0.251 e. The fourth-order valence-electron chi connectivity index (χ4n) is 4.45. The predicted molar refractivity (Wildman–Crippen MR) is 165 cm³/mol. The van der Waals surface area contributed by atoms with E-state index in [-0.39, 0.29) is 62.5 Å². The lowest BCUT2D eigenvalue weighted by molar-refractivity contribution is -0.142. The Bertz CT molecular complexity index is 852. The number of halogens is 2. The van der Waals surface area contributed by atoms with Crippen LogP contribution in [0.15, 0.2) is 24.4 Å². The molecule has 3 fully saturated rings. The number of hydrogen-bond donors (Lipinski definition) is 2. The molecule has 0 radical (unpaired) electrons. The zero-order valence-electron chi connectivity index (χ0n) is 26.1. The van der Waals surface area contributed by atoms with Crippen LogP contribution < -0.4 is 10.0 Å². The van der Waals surface area contributed by atoms with Crippen molar-refractivity contribution >= 4 is 29.7 Å². The second-order valence-electron chi connectivity index (χ2n) is 11.3. The maximum atomic E-state index is 13.3. The molecule has 41 heavy (non-hydrogen) atoms. The van der Waals surface area contributed by atoms with E-state index in [2.05, 4.69) is 43.5 Å². The van der Waals surface area contributed by atoms with Crippen molar-refractivity contribution < 1.29 is 23.2 Å². The van der Waals surface area contributed by atoms with Gasteiger partial charge in [-0.2, -0.15) is 0 Å². The van der Waals surface area contributed by atoms with Gasteiger partial charge in [0, 0.05) is 56.3 Å². The van der Waals surface area contributed by atoms with Crippen LogP contribution in [0.1, 0.15) is 106 Å². The van der Waals surface area contributed by atoms with Crippen molar-refractivity contribution in [3.8, 4) is 0 Å². The Kier molecular flexibility index (Phi) is 17.3. The van der Waals surface area contributed by atoms with E-state index >= 15 is 0 Å². The number of allylic oxidation sites excluding steroid dienone is 1. The molecule has 0 spiro atoms. The molecule has 7 nitrogen and oxygen atoms in total. The number of alkyl halides is 2. The Labute approximate surface area is 251 Å². The van der Waals surface area contributed by atoms with Gasteiger partial charge in [0.15, 0.2) is 0 Å². The summed E-state index contributed by atoms with van der Waals surface area (Å²) in [6, 6.07) is -0.819. The van der Waals surface area contributed by atoms with E-state index in [4.69, 9.17) is 0 Å². The Morgan fingerprint density at radius 1 is 1.02 bits per heavy atom. The van der Waals surface area contributed by atoms with Gasteiger partial charge >= 0.3 is 0 Å². The summed E-state index contributed by atoms with van der Waals surface area (Å²) in [4.78, 5) is 41.5. The largest absolute Gasteiger partial charge is 0.346 e. The average Bonchev–Trinajstić information content (AvgIpc) is 3.62. The molecular weight excluding hydrogens is 546 g/mol. The van der Waals surface area contributed by atoms with E-state index in [0.29, 0.717) is 24.6 Å². The molecule has 3 aliphatic rings. The van der Waals surface area contributed by atoms with Crippen molar-refractivity contribution in [2.24, 2.45) is 5.92 Å². The van der Waals surface area contributed by atoms with E-state index in [1.165, 1.54) is 17.7 Å². The van der Waals surface area contributed by atoms with E-state index in [0.717, 1.165) is 24.5 Å². The zero-order valence-corrected chi connectivity index (χ0v) is 27.0. The van der Waals surface area contributed by atoms with Gasteiger partial charge in [0.1, 0.15) is 6.04 Å². The van der Waals surface area contributed by atoms with Crippen molar-refractivity contribution in [2.75, 3.05) is 19.6 Å². The molecule has 0 aromatic rings. The highest BCUT2D eigenvalue weighted by atomic mass is 32.2. The summed E-state index contributed by atoms with van der Waals surface area (Å²) >= 11 is 1.68. The molecular formula is C31H54F2N4O3S. The van der Waals surface area contributed by atoms with Crippen LogP contribution >= 0.6 is 11.9 Å². The third-order valence-electron chi connectivity index (χ3n) is 6.66. The first kappa shape index (κ1) is 36.9. The van der Waals surface area contributed by atoms with Crippen molar-refractivity contribution in [1.82, 2.24) is 19.8 Å². The highest BCUT2D eigenvalue weighted by Gasteiger charge is 2.37. The molecule has 2 atom stereocenters. The Balaban J connectivity index is 0.00000129. The summed E-state index contributed by atoms with van der Waals surface area (Å²) in [7, 11) is 0. The normalized spacial score (nSPS) is 20.7. The average molecular weight is 601 g/mol. The lowest BCUT2D eigenvalue weighted by Crippen LogP contribution is -2.50. The number of likely N-dealkylation sites (tertiary alicyclic amines) is 2. The number of nitrogens with one attached hydrogen (secondary N) is 2. The molecule has 1 aliphatic carbocycles. The molecule has 0 bridgehead atoms. The molecule has 1 saturated carbocycles. The van der Waals surface area contributed by atoms with E-state index in [1.807, 2.05) is 20.8 Å². The minimum atomic E-state index is -2.72. The minimum Gasteiger partial charge on any atom is -0.346 e. The highest BCUT2D eigenvalue weighted by Crippen LogP contribution is 2.33. The summed E-state index contributed by atoms with van der Waals surface area (Å²) in [5, 5.41) is 3.72. The molecule has 236 valence electrons. The minimum absolute atomic E-state index is 0.0140. The Morgan fingerprint density at radius 2 is 1.61 bits per heavy atom. The summed E-state index contributed by atoms with van der Waals surface area (Å²) < 4.78 is 30.1. The Hall–Kier alpha value is -2.10. The van der Waals surface area contributed by atoms with E-state index in [9.17, 15) is 23.2 Å². The van der Waals surface area contributed by atoms with Crippen molar-refractivity contribution in [3.05, 3.63) is 24.4 Å². The summed E-state index contributed by atoms with van der Waals surface area (Å²) in [6.45, 7) is 16.9. The molecule has 2 saturated heterocycles. The van der Waals surface area contributed by atoms with E-state index < -0.39 is 12.0 Å². The number of rotatable bonds is 12. The first-order valence-electron chi connectivity index (χ1n) is 15.5. The topological polar surface area (TPSA) is 81.8 Å². The van der Waals surface area contributed by atoms with Crippen LogP contribution in [0.2, 0.25) is 0 Å². The van der Waals surface area contributed by atoms with Crippen LogP contribution in [-0.2, 0) is 14.4 Å². The van der Waals surface area contributed by atoms with Gasteiger partial charge in [0.2, 0.25) is 17.7 Å². The second kappa shape index (κ2) is 19.2. The summed E-state index contributed by atoms with van der Waals surface area (Å²) in [5.74, 6) is -2.61. The van der Waals surface area contributed by atoms with Gasteiger partial charge in [-0.25, -0.2) is 8.78 Å². The molecule has 2 N–H and O–H groups in total. The van der Waals surface area contributed by atoms with Gasteiger partial charge in [0.25, 0.3) is 5.92 Å². The SMILES string of the molecule is C=CCC(NC(=O)[C@@H]1CCCN1C(=O)CCC(=O)N1CCC(F)(F)CC1)/C(=C\CC)NSC1CC1.CC.CC(C)C. The lowest BCUT2D eigenvalue weighted by atomic mass is 10.1. The quantitative estimate of drug-likeness (QED) is 0.199. The molecule has 10 heteroatoms. The number of hydrogen-bond acceptors (Lipinski definition) is 5. The molecule has 2 aliphatic heterocycles. The van der Waals surface area contributed by atoms with Crippen molar-refractivity contribution in [1.29, 1.82) is 0 Å². The predicted octanol–water partition coefficient (Wildman–Crippen LogP) is 6.46. The zero-order chi connectivity index (χ0) is 31.0. The molecule has 3 amide bonds. The third-order valence-corrected chi connectivity index (χ3v) is 7.82. The van der Waals surface area contributed by atoms with Crippen LogP contribution in [0.4, 0.5) is 8.78 Å².